The van der Waals surface area contributed by atoms with E-state index in [1.165, 1.54) is 4.88 Å². The van der Waals surface area contributed by atoms with E-state index in [1.807, 2.05) is 25.1 Å². The van der Waals surface area contributed by atoms with Gasteiger partial charge in [0.2, 0.25) is 5.91 Å². The molecule has 6 nitrogen and oxygen atoms in total. The molecule has 1 aromatic heterocycles. The molecule has 1 aromatic rings. The summed E-state index contributed by atoms with van der Waals surface area (Å²) in [4.78, 5) is 39.2. The highest BCUT2D eigenvalue weighted by molar-refractivity contribution is 7.12. The van der Waals surface area contributed by atoms with Crippen molar-refractivity contribution in [1.29, 1.82) is 0 Å². The van der Waals surface area contributed by atoms with Gasteiger partial charge in [0.05, 0.1) is 0 Å². The number of carbonyl (C=O) groups excluding carboxylic acids is 3. The standard InChI is InChI=1S/C15H17N3O3S/c1-10-2-3-11(22-10)4-5-12(19)18-8-6-15(7-9-18)13(20)16-14(21)17-15/h2-5H,6-9H2,1H3,(H2,16,17,20,21)/b5-4+. The Labute approximate surface area is 132 Å². The number of hydrogen-bond donors (Lipinski definition) is 2. The third-order valence-corrected chi connectivity index (χ3v) is 5.06. The molecule has 2 aliphatic rings. The Balaban J connectivity index is 1.59. The highest BCUT2D eigenvalue weighted by atomic mass is 32.1. The van der Waals surface area contributed by atoms with Gasteiger partial charge in [-0.25, -0.2) is 4.79 Å². The highest BCUT2D eigenvalue weighted by Crippen LogP contribution is 2.25. The van der Waals surface area contributed by atoms with Crippen LogP contribution in [0.15, 0.2) is 18.2 Å². The average molecular weight is 319 g/mol. The molecule has 0 radical (unpaired) electrons. The molecule has 0 atom stereocenters. The maximum atomic E-state index is 12.2. The van der Waals surface area contributed by atoms with Gasteiger partial charge in [-0.2, -0.15) is 0 Å². The molecule has 4 amide bonds. The maximum absolute atomic E-state index is 12.2. The zero-order valence-corrected chi connectivity index (χ0v) is 13.0. The van der Waals surface area contributed by atoms with E-state index in [0.717, 1.165) is 4.88 Å². The second-order valence-corrected chi connectivity index (χ2v) is 6.92. The Morgan fingerprint density at radius 3 is 2.59 bits per heavy atom. The largest absolute Gasteiger partial charge is 0.339 e. The molecule has 3 rings (SSSR count). The zero-order chi connectivity index (χ0) is 15.7. The first-order chi connectivity index (χ1) is 10.5. The van der Waals surface area contributed by atoms with Crippen LogP contribution in [0, 0.1) is 6.92 Å². The van der Waals surface area contributed by atoms with Gasteiger partial charge >= 0.3 is 6.03 Å². The Morgan fingerprint density at radius 1 is 1.32 bits per heavy atom. The van der Waals surface area contributed by atoms with E-state index in [2.05, 4.69) is 10.6 Å². The summed E-state index contributed by atoms with van der Waals surface area (Å²) in [7, 11) is 0. The fourth-order valence-electron chi connectivity index (χ4n) is 2.79. The van der Waals surface area contributed by atoms with Crippen molar-refractivity contribution in [2.75, 3.05) is 13.1 Å². The summed E-state index contributed by atoms with van der Waals surface area (Å²) in [6.45, 7) is 2.94. The van der Waals surface area contributed by atoms with Crippen LogP contribution in [0.5, 0.6) is 0 Å². The lowest BCUT2D eigenvalue weighted by Crippen LogP contribution is -2.55. The molecule has 0 aliphatic carbocycles. The van der Waals surface area contributed by atoms with Crippen molar-refractivity contribution < 1.29 is 14.4 Å². The number of urea groups is 1. The first-order valence-electron chi connectivity index (χ1n) is 7.16. The first-order valence-corrected chi connectivity index (χ1v) is 7.97. The molecule has 0 bridgehead atoms. The van der Waals surface area contributed by atoms with Crippen molar-refractivity contribution in [3.05, 3.63) is 28.0 Å². The molecular weight excluding hydrogens is 302 g/mol. The minimum Gasteiger partial charge on any atom is -0.339 e. The number of likely N-dealkylation sites (tertiary alicyclic amines) is 1. The average Bonchev–Trinajstić information content (AvgIpc) is 3.01. The third-order valence-electron chi connectivity index (χ3n) is 4.09. The normalized spacial score (nSPS) is 20.5. The van der Waals surface area contributed by atoms with Crippen LogP contribution < -0.4 is 10.6 Å². The smallest absolute Gasteiger partial charge is 0.322 e. The molecule has 0 unspecified atom stereocenters. The van der Waals surface area contributed by atoms with Crippen LogP contribution in [0.2, 0.25) is 0 Å². The van der Waals surface area contributed by atoms with Gasteiger partial charge in [-0.3, -0.25) is 14.9 Å². The number of nitrogens with zero attached hydrogens (tertiary/aromatic N) is 1. The zero-order valence-electron chi connectivity index (χ0n) is 12.2. The summed E-state index contributed by atoms with van der Waals surface area (Å²) >= 11 is 1.63. The maximum Gasteiger partial charge on any atom is 0.322 e. The number of aryl methyl sites for hydroxylation is 1. The second-order valence-electron chi connectivity index (χ2n) is 5.60. The van der Waals surface area contributed by atoms with E-state index in [-0.39, 0.29) is 11.8 Å². The van der Waals surface area contributed by atoms with Crippen molar-refractivity contribution in [2.45, 2.75) is 25.3 Å². The molecule has 22 heavy (non-hydrogen) atoms. The molecule has 0 saturated carbocycles. The highest BCUT2D eigenvalue weighted by Gasteiger charge is 2.48. The number of rotatable bonds is 2. The number of thiophene rings is 1. The number of piperidine rings is 1. The van der Waals surface area contributed by atoms with E-state index in [9.17, 15) is 14.4 Å². The van der Waals surface area contributed by atoms with Crippen LogP contribution in [0.4, 0.5) is 4.79 Å². The first kappa shape index (κ1) is 14.8. The van der Waals surface area contributed by atoms with Crippen LogP contribution in [0.25, 0.3) is 6.08 Å². The second kappa shape index (κ2) is 5.57. The number of nitrogens with one attached hydrogen (secondary N) is 2. The minimum atomic E-state index is -0.831. The van der Waals surface area contributed by atoms with Crippen molar-refractivity contribution in [2.24, 2.45) is 0 Å². The summed E-state index contributed by atoms with van der Waals surface area (Å²) in [5.41, 5.74) is -0.831. The van der Waals surface area contributed by atoms with Gasteiger partial charge in [0, 0.05) is 28.9 Å². The predicted octanol–water partition coefficient (Wildman–Crippen LogP) is 1.27. The number of hydrogen-bond acceptors (Lipinski definition) is 4. The van der Waals surface area contributed by atoms with Crippen LogP contribution in [0.3, 0.4) is 0 Å². The Kier molecular flexibility index (Phi) is 3.74. The van der Waals surface area contributed by atoms with Crippen molar-refractivity contribution in [1.82, 2.24) is 15.5 Å². The monoisotopic (exact) mass is 319 g/mol. The van der Waals surface area contributed by atoms with Crippen LogP contribution in [-0.2, 0) is 9.59 Å². The Hall–Kier alpha value is -2.15. The number of carbonyl (C=O) groups is 3. The summed E-state index contributed by atoms with van der Waals surface area (Å²) in [6, 6.07) is 3.55. The SMILES string of the molecule is Cc1ccc(/C=C/C(=O)N2CCC3(CC2)NC(=O)NC3=O)s1. The van der Waals surface area contributed by atoms with E-state index in [0.29, 0.717) is 25.9 Å². The molecule has 2 N–H and O–H groups in total. The van der Waals surface area contributed by atoms with Crippen LogP contribution in [-0.4, -0.2) is 41.4 Å². The molecule has 7 heteroatoms. The van der Waals surface area contributed by atoms with Crippen LogP contribution >= 0.6 is 11.3 Å². The molecule has 2 saturated heterocycles. The fourth-order valence-corrected chi connectivity index (χ4v) is 3.57. The van der Waals surface area contributed by atoms with Crippen molar-refractivity contribution in [3.63, 3.8) is 0 Å². The molecule has 0 aromatic carbocycles. The summed E-state index contributed by atoms with van der Waals surface area (Å²) < 4.78 is 0. The van der Waals surface area contributed by atoms with Crippen molar-refractivity contribution >= 4 is 35.3 Å². The van der Waals surface area contributed by atoms with Gasteiger partial charge in [0.1, 0.15) is 5.54 Å². The van der Waals surface area contributed by atoms with Crippen LogP contribution in [0.1, 0.15) is 22.6 Å². The molecule has 2 fully saturated rings. The lowest BCUT2D eigenvalue weighted by molar-refractivity contribution is -0.132. The molecule has 2 aliphatic heterocycles. The lowest BCUT2D eigenvalue weighted by Gasteiger charge is -2.36. The van der Waals surface area contributed by atoms with Gasteiger partial charge in [-0.1, -0.05) is 0 Å². The number of imide groups is 1. The summed E-state index contributed by atoms with van der Waals surface area (Å²) in [5, 5.41) is 4.95. The van der Waals surface area contributed by atoms with Gasteiger partial charge < -0.3 is 10.2 Å². The predicted molar refractivity (Wildman–Crippen MR) is 83.3 cm³/mol. The molecule has 3 heterocycles. The Morgan fingerprint density at radius 2 is 2.05 bits per heavy atom. The molecule has 1 spiro atoms. The minimum absolute atomic E-state index is 0.0642. The summed E-state index contributed by atoms with van der Waals surface area (Å²) in [6.07, 6.45) is 4.27. The third kappa shape index (κ3) is 2.76. The van der Waals surface area contributed by atoms with Gasteiger partial charge in [-0.05, 0) is 38.0 Å². The van der Waals surface area contributed by atoms with Gasteiger partial charge in [-0.15, -0.1) is 11.3 Å². The van der Waals surface area contributed by atoms with E-state index in [1.54, 1.807) is 22.3 Å². The molecule has 116 valence electrons. The lowest BCUT2D eigenvalue weighted by atomic mass is 9.87. The van der Waals surface area contributed by atoms with E-state index >= 15 is 0 Å². The van der Waals surface area contributed by atoms with Gasteiger partial charge in [0.25, 0.3) is 5.91 Å². The topological polar surface area (TPSA) is 78.5 Å². The Bertz CT molecular complexity index is 657. The summed E-state index contributed by atoms with van der Waals surface area (Å²) in [5.74, 6) is -0.347. The molecular formula is C15H17N3O3S. The quantitative estimate of drug-likeness (QED) is 0.636. The van der Waals surface area contributed by atoms with Crippen molar-refractivity contribution in [3.8, 4) is 0 Å². The number of amides is 4. The van der Waals surface area contributed by atoms with E-state index in [4.69, 9.17) is 0 Å². The van der Waals surface area contributed by atoms with E-state index < -0.39 is 11.6 Å². The fraction of sp³-hybridized carbons (Fsp3) is 0.400. The van der Waals surface area contributed by atoms with Gasteiger partial charge in [0.15, 0.2) is 0 Å².